The van der Waals surface area contributed by atoms with Crippen LogP contribution >= 0.6 is 11.8 Å². The summed E-state index contributed by atoms with van der Waals surface area (Å²) >= 11 is 1.56. The summed E-state index contributed by atoms with van der Waals surface area (Å²) < 4.78 is 5.57. The second-order valence-corrected chi connectivity index (χ2v) is 9.06. The van der Waals surface area contributed by atoms with Crippen molar-refractivity contribution in [3.63, 3.8) is 0 Å². The van der Waals surface area contributed by atoms with Gasteiger partial charge in [-0.1, -0.05) is 60.7 Å². The van der Waals surface area contributed by atoms with Crippen LogP contribution in [-0.4, -0.2) is 29.9 Å². The number of nitrogens with zero attached hydrogens (tertiary/aromatic N) is 1. The van der Waals surface area contributed by atoms with Gasteiger partial charge in [0.25, 0.3) is 11.8 Å². The summed E-state index contributed by atoms with van der Waals surface area (Å²) in [5, 5.41) is 6.74. The number of hydrogen-bond acceptors (Lipinski definition) is 5. The Morgan fingerprint density at radius 1 is 0.941 bits per heavy atom. The predicted octanol–water partition coefficient (Wildman–Crippen LogP) is 4.71. The van der Waals surface area contributed by atoms with Gasteiger partial charge >= 0.3 is 0 Å². The van der Waals surface area contributed by atoms with Crippen LogP contribution in [0.2, 0.25) is 0 Å². The molecule has 0 aromatic heterocycles. The molecule has 176 valence electrons. The lowest BCUT2D eigenvalue weighted by atomic mass is 10.1. The molecule has 0 fully saturated rings. The molecular formula is C27H29N3O3S. The molecule has 0 saturated heterocycles. The first-order valence-corrected chi connectivity index (χ1v) is 12.1. The Balaban J connectivity index is 1.38. The van der Waals surface area contributed by atoms with Gasteiger partial charge in [0.2, 0.25) is 0 Å². The number of ether oxygens (including phenoxy) is 1. The van der Waals surface area contributed by atoms with E-state index in [1.54, 1.807) is 30.1 Å². The molecule has 3 aromatic rings. The van der Waals surface area contributed by atoms with Crippen molar-refractivity contribution in [2.24, 2.45) is 5.10 Å². The third-order valence-electron chi connectivity index (χ3n) is 5.03. The van der Waals surface area contributed by atoms with Crippen LogP contribution in [0.15, 0.2) is 90.0 Å². The van der Waals surface area contributed by atoms with Crippen molar-refractivity contribution >= 4 is 29.8 Å². The average molecular weight is 476 g/mol. The van der Waals surface area contributed by atoms with E-state index in [0.29, 0.717) is 5.75 Å². The van der Waals surface area contributed by atoms with Crippen molar-refractivity contribution in [2.75, 3.05) is 6.61 Å². The molecule has 2 atom stereocenters. The van der Waals surface area contributed by atoms with E-state index in [-0.39, 0.29) is 29.7 Å². The number of carbonyl (C=O) groups excluding carboxylic acids is 2. The summed E-state index contributed by atoms with van der Waals surface area (Å²) in [6.45, 7) is 3.73. The molecule has 0 heterocycles. The number of rotatable bonds is 11. The van der Waals surface area contributed by atoms with Crippen LogP contribution in [0, 0.1) is 0 Å². The molecule has 0 unspecified atom stereocenters. The van der Waals surface area contributed by atoms with Gasteiger partial charge in [-0.15, -0.1) is 11.8 Å². The third-order valence-corrected chi connectivity index (χ3v) is 6.24. The zero-order valence-electron chi connectivity index (χ0n) is 19.3. The number of hydrogen-bond donors (Lipinski definition) is 2. The smallest absolute Gasteiger partial charge is 0.258 e. The summed E-state index contributed by atoms with van der Waals surface area (Å²) in [6, 6.07) is 26.8. The summed E-state index contributed by atoms with van der Waals surface area (Å²) in [5.74, 6) is 1.01. The van der Waals surface area contributed by atoms with Gasteiger partial charge < -0.3 is 10.1 Å². The maximum atomic E-state index is 12.2. The lowest BCUT2D eigenvalue weighted by molar-refractivity contribution is -0.123. The van der Waals surface area contributed by atoms with E-state index in [0.717, 1.165) is 16.9 Å². The number of carbonyl (C=O) groups is 2. The Kier molecular flexibility index (Phi) is 9.73. The minimum atomic E-state index is -0.219. The van der Waals surface area contributed by atoms with E-state index in [9.17, 15) is 9.59 Å². The zero-order valence-corrected chi connectivity index (χ0v) is 20.1. The van der Waals surface area contributed by atoms with Crippen molar-refractivity contribution < 1.29 is 14.3 Å². The number of hydrazone groups is 1. The summed E-state index contributed by atoms with van der Waals surface area (Å²) in [7, 11) is 0. The Hall–Kier alpha value is -3.58. The molecule has 2 amide bonds. The van der Waals surface area contributed by atoms with Crippen molar-refractivity contribution in [2.45, 2.75) is 30.9 Å². The van der Waals surface area contributed by atoms with Gasteiger partial charge in [0.05, 0.1) is 17.5 Å². The average Bonchev–Trinajstić information content (AvgIpc) is 2.87. The minimum absolute atomic E-state index is 0.0702. The van der Waals surface area contributed by atoms with E-state index in [1.165, 1.54) is 5.56 Å². The van der Waals surface area contributed by atoms with Gasteiger partial charge in [0.1, 0.15) is 5.75 Å². The fourth-order valence-electron chi connectivity index (χ4n) is 3.04. The lowest BCUT2D eigenvalue weighted by Crippen LogP contribution is -2.31. The maximum Gasteiger partial charge on any atom is 0.258 e. The molecule has 2 N–H and O–H groups in total. The van der Waals surface area contributed by atoms with Crippen LogP contribution in [0.5, 0.6) is 5.75 Å². The molecule has 0 spiro atoms. The molecule has 0 bridgehead atoms. The van der Waals surface area contributed by atoms with Crippen molar-refractivity contribution in [1.82, 2.24) is 10.7 Å². The van der Waals surface area contributed by atoms with Crippen LogP contribution in [0.3, 0.4) is 0 Å². The number of nitrogens with one attached hydrogen (secondary N) is 2. The van der Waals surface area contributed by atoms with Gasteiger partial charge in [-0.05, 0) is 54.8 Å². The first-order valence-electron chi connectivity index (χ1n) is 11.1. The SMILES string of the molecule is C[C@H](SCc1ccccc1)C(=O)N/N=C\c1ccc(OCC(=O)N[C@@H](C)c2ccccc2)cc1. The van der Waals surface area contributed by atoms with Gasteiger partial charge in [-0.25, -0.2) is 5.43 Å². The standard InChI is InChI=1S/C27H29N3O3S/c1-20(24-11-7-4-8-12-24)29-26(31)18-33-25-15-13-22(14-16-25)17-28-30-27(32)21(2)34-19-23-9-5-3-6-10-23/h3-17,20-21H,18-19H2,1-2H3,(H,29,31)(H,30,32)/b28-17-/t20-,21-/m0/s1. The van der Waals surface area contributed by atoms with Crippen LogP contribution in [0.25, 0.3) is 0 Å². The minimum Gasteiger partial charge on any atom is -0.484 e. The van der Waals surface area contributed by atoms with Gasteiger partial charge in [0, 0.05) is 5.75 Å². The predicted molar refractivity (Wildman–Crippen MR) is 138 cm³/mol. The molecule has 0 radical (unpaired) electrons. The van der Waals surface area contributed by atoms with Crippen LogP contribution in [0.4, 0.5) is 0 Å². The maximum absolute atomic E-state index is 12.2. The molecule has 34 heavy (non-hydrogen) atoms. The fraction of sp³-hybridized carbons (Fsp3) is 0.222. The molecule has 0 saturated carbocycles. The van der Waals surface area contributed by atoms with Crippen molar-refractivity contribution in [3.05, 3.63) is 102 Å². The van der Waals surface area contributed by atoms with Crippen LogP contribution in [-0.2, 0) is 15.3 Å². The number of benzene rings is 3. The number of amides is 2. The second kappa shape index (κ2) is 13.2. The van der Waals surface area contributed by atoms with E-state index in [4.69, 9.17) is 4.74 Å². The topological polar surface area (TPSA) is 79.8 Å². The molecule has 0 aliphatic heterocycles. The first-order chi connectivity index (χ1) is 16.5. The quantitative estimate of drug-likeness (QED) is 0.311. The lowest BCUT2D eigenvalue weighted by Gasteiger charge is -2.14. The van der Waals surface area contributed by atoms with Crippen molar-refractivity contribution in [3.8, 4) is 5.75 Å². The highest BCUT2D eigenvalue weighted by Gasteiger charge is 2.12. The molecule has 7 heteroatoms. The summed E-state index contributed by atoms with van der Waals surface area (Å²) in [5.41, 5.74) is 5.60. The highest BCUT2D eigenvalue weighted by molar-refractivity contribution is 7.99. The normalized spacial score (nSPS) is 12.6. The Morgan fingerprint density at radius 3 is 2.26 bits per heavy atom. The second-order valence-electron chi connectivity index (χ2n) is 7.73. The highest BCUT2D eigenvalue weighted by Crippen LogP contribution is 2.17. The van der Waals surface area contributed by atoms with Gasteiger partial charge in [0.15, 0.2) is 6.61 Å². The first kappa shape index (κ1) is 25.1. The van der Waals surface area contributed by atoms with Gasteiger partial charge in [-0.2, -0.15) is 5.10 Å². The van der Waals surface area contributed by atoms with Crippen molar-refractivity contribution in [1.29, 1.82) is 0 Å². The molecule has 3 rings (SSSR count). The van der Waals surface area contributed by atoms with E-state index in [2.05, 4.69) is 15.8 Å². The third kappa shape index (κ3) is 8.41. The summed E-state index contributed by atoms with van der Waals surface area (Å²) in [6.07, 6.45) is 1.57. The zero-order chi connectivity index (χ0) is 24.2. The molecule has 0 aliphatic carbocycles. The summed E-state index contributed by atoms with van der Waals surface area (Å²) in [4.78, 5) is 24.4. The molecule has 3 aromatic carbocycles. The Morgan fingerprint density at radius 2 is 1.59 bits per heavy atom. The molecule has 0 aliphatic rings. The Labute approximate surface area is 204 Å². The Bertz CT molecular complexity index is 1070. The van der Waals surface area contributed by atoms with Crippen LogP contribution < -0.4 is 15.5 Å². The van der Waals surface area contributed by atoms with E-state index in [1.807, 2.05) is 86.6 Å². The molecule has 6 nitrogen and oxygen atoms in total. The largest absolute Gasteiger partial charge is 0.484 e. The molecular weight excluding hydrogens is 446 g/mol. The van der Waals surface area contributed by atoms with E-state index >= 15 is 0 Å². The number of thioether (sulfide) groups is 1. The monoisotopic (exact) mass is 475 g/mol. The highest BCUT2D eigenvalue weighted by atomic mass is 32.2. The van der Waals surface area contributed by atoms with E-state index < -0.39 is 0 Å². The van der Waals surface area contributed by atoms with Gasteiger partial charge in [-0.3, -0.25) is 9.59 Å². The van der Waals surface area contributed by atoms with Crippen LogP contribution in [0.1, 0.15) is 36.6 Å². The fourth-order valence-corrected chi connectivity index (χ4v) is 3.88.